The molecule has 0 atom stereocenters. The standard InChI is InChI=1S/C22H24F3N7O3/c1-4-31-10-14(17(30-31)32-8-6-21(2,3)20(32)34)28-18(33)15-11-35-19(29-15)13-5-7-26-16(9-13)27-12-22(23,24)25/h5,7,9-11H,4,6,8,12H2,1-3H3,(H,26,27)(H,28,33). The highest BCUT2D eigenvalue weighted by atomic mass is 19.4. The lowest BCUT2D eigenvalue weighted by Crippen LogP contribution is -2.32. The van der Waals surface area contributed by atoms with Crippen LogP contribution in [0.2, 0.25) is 0 Å². The lowest BCUT2D eigenvalue weighted by atomic mass is 9.92. The molecule has 1 aliphatic heterocycles. The molecule has 13 heteroatoms. The number of pyridine rings is 1. The van der Waals surface area contributed by atoms with Gasteiger partial charge in [-0.1, -0.05) is 13.8 Å². The quantitative estimate of drug-likeness (QED) is 0.514. The van der Waals surface area contributed by atoms with E-state index < -0.39 is 24.0 Å². The minimum atomic E-state index is -4.40. The fraction of sp³-hybridized carbons (Fsp3) is 0.409. The summed E-state index contributed by atoms with van der Waals surface area (Å²) in [7, 11) is 0. The third kappa shape index (κ3) is 5.28. The molecule has 1 fully saturated rings. The molecule has 2 N–H and O–H groups in total. The molecular formula is C22H24F3N7O3. The Kier molecular flexibility index (Phi) is 6.26. The van der Waals surface area contributed by atoms with Crippen LogP contribution in [0.4, 0.5) is 30.5 Å². The van der Waals surface area contributed by atoms with Crippen molar-refractivity contribution in [2.75, 3.05) is 28.6 Å². The Morgan fingerprint density at radius 3 is 2.74 bits per heavy atom. The van der Waals surface area contributed by atoms with Gasteiger partial charge >= 0.3 is 6.18 Å². The number of amides is 2. The first-order valence-electron chi connectivity index (χ1n) is 10.9. The van der Waals surface area contributed by atoms with E-state index >= 15 is 0 Å². The van der Waals surface area contributed by atoms with Gasteiger partial charge in [0.15, 0.2) is 11.5 Å². The molecule has 3 aromatic heterocycles. The van der Waals surface area contributed by atoms with Gasteiger partial charge in [0.05, 0.1) is 6.20 Å². The molecule has 0 bridgehead atoms. The van der Waals surface area contributed by atoms with Gasteiger partial charge < -0.3 is 15.1 Å². The minimum absolute atomic E-state index is 0.0150. The van der Waals surface area contributed by atoms with Crippen molar-refractivity contribution in [3.8, 4) is 11.5 Å². The molecule has 35 heavy (non-hydrogen) atoms. The van der Waals surface area contributed by atoms with Gasteiger partial charge in [-0.2, -0.15) is 18.3 Å². The lowest BCUT2D eigenvalue weighted by molar-refractivity contribution is -0.124. The van der Waals surface area contributed by atoms with Crippen molar-refractivity contribution < 1.29 is 27.2 Å². The fourth-order valence-corrected chi connectivity index (χ4v) is 3.58. The monoisotopic (exact) mass is 491 g/mol. The molecule has 1 saturated heterocycles. The number of nitrogens with zero attached hydrogens (tertiary/aromatic N) is 5. The van der Waals surface area contributed by atoms with Gasteiger partial charge in [0.25, 0.3) is 5.91 Å². The highest BCUT2D eigenvalue weighted by Gasteiger charge is 2.41. The zero-order valence-corrected chi connectivity index (χ0v) is 19.3. The molecule has 0 aromatic carbocycles. The van der Waals surface area contributed by atoms with Crippen LogP contribution < -0.4 is 15.5 Å². The van der Waals surface area contributed by atoms with Crippen LogP contribution in [0, 0.1) is 5.41 Å². The number of alkyl halides is 3. The zero-order valence-electron chi connectivity index (χ0n) is 19.3. The molecule has 0 aliphatic carbocycles. The molecule has 186 valence electrons. The number of nitrogens with one attached hydrogen (secondary N) is 2. The molecule has 4 rings (SSSR count). The van der Waals surface area contributed by atoms with Crippen LogP contribution in [0.15, 0.2) is 35.2 Å². The molecule has 3 aromatic rings. The summed E-state index contributed by atoms with van der Waals surface area (Å²) in [5.74, 6) is -0.292. The second kappa shape index (κ2) is 9.04. The predicted molar refractivity (Wildman–Crippen MR) is 121 cm³/mol. The van der Waals surface area contributed by atoms with E-state index in [1.165, 1.54) is 18.3 Å². The van der Waals surface area contributed by atoms with Crippen molar-refractivity contribution in [2.45, 2.75) is 39.9 Å². The van der Waals surface area contributed by atoms with E-state index in [4.69, 9.17) is 4.42 Å². The average Bonchev–Trinajstić information content (AvgIpc) is 3.51. The number of aromatic nitrogens is 4. The first-order chi connectivity index (χ1) is 16.5. The topological polar surface area (TPSA) is 118 Å². The van der Waals surface area contributed by atoms with Crippen LogP contribution in [-0.4, -0.2) is 50.8 Å². The number of halogens is 3. The van der Waals surface area contributed by atoms with E-state index in [0.717, 1.165) is 6.26 Å². The second-order valence-corrected chi connectivity index (χ2v) is 8.70. The van der Waals surface area contributed by atoms with Crippen LogP contribution in [0.5, 0.6) is 0 Å². The maximum atomic E-state index is 12.9. The molecule has 2 amide bonds. The summed E-state index contributed by atoms with van der Waals surface area (Å²) < 4.78 is 44.4. The zero-order chi connectivity index (χ0) is 25.4. The maximum absolute atomic E-state index is 12.9. The van der Waals surface area contributed by atoms with Gasteiger partial charge in [-0.05, 0) is 25.5 Å². The van der Waals surface area contributed by atoms with E-state index in [1.54, 1.807) is 15.8 Å². The minimum Gasteiger partial charge on any atom is -0.444 e. The summed E-state index contributed by atoms with van der Waals surface area (Å²) in [4.78, 5) is 35.2. The Balaban J connectivity index is 1.52. The van der Waals surface area contributed by atoms with Crippen molar-refractivity contribution in [1.29, 1.82) is 0 Å². The number of carbonyl (C=O) groups excluding carboxylic acids is 2. The number of aryl methyl sites for hydroxylation is 1. The van der Waals surface area contributed by atoms with E-state index in [0.29, 0.717) is 36.6 Å². The van der Waals surface area contributed by atoms with Gasteiger partial charge in [0, 0.05) is 30.3 Å². The second-order valence-electron chi connectivity index (χ2n) is 8.70. The summed E-state index contributed by atoms with van der Waals surface area (Å²) in [6.45, 7) is 5.39. The molecule has 0 spiro atoms. The third-order valence-corrected chi connectivity index (χ3v) is 5.57. The molecular weight excluding hydrogens is 467 g/mol. The molecule has 0 unspecified atom stereocenters. The highest BCUT2D eigenvalue weighted by Crippen LogP contribution is 2.36. The third-order valence-electron chi connectivity index (χ3n) is 5.57. The van der Waals surface area contributed by atoms with Crippen molar-refractivity contribution in [3.63, 3.8) is 0 Å². The summed E-state index contributed by atoms with van der Waals surface area (Å²) in [6, 6.07) is 2.83. The first kappa shape index (κ1) is 24.2. The summed E-state index contributed by atoms with van der Waals surface area (Å²) in [5, 5.41) is 9.35. The number of hydrogen-bond acceptors (Lipinski definition) is 7. The largest absolute Gasteiger partial charge is 0.444 e. The van der Waals surface area contributed by atoms with Crippen LogP contribution in [0.1, 0.15) is 37.7 Å². The Morgan fingerprint density at radius 1 is 1.31 bits per heavy atom. The van der Waals surface area contributed by atoms with Crippen molar-refractivity contribution in [1.82, 2.24) is 19.7 Å². The molecule has 10 nitrogen and oxygen atoms in total. The van der Waals surface area contributed by atoms with Crippen molar-refractivity contribution in [3.05, 3.63) is 36.5 Å². The Labute approximate surface area is 198 Å². The first-order valence-corrected chi connectivity index (χ1v) is 10.9. The summed E-state index contributed by atoms with van der Waals surface area (Å²) in [5.41, 5.74) is 0.129. The number of carbonyl (C=O) groups is 2. The Hall–Kier alpha value is -3.90. The van der Waals surface area contributed by atoms with Gasteiger partial charge in [-0.25, -0.2) is 9.97 Å². The van der Waals surface area contributed by atoms with E-state index in [-0.39, 0.29) is 23.3 Å². The van der Waals surface area contributed by atoms with Crippen molar-refractivity contribution >= 4 is 29.1 Å². The lowest BCUT2D eigenvalue weighted by Gasteiger charge is -2.18. The number of hydrogen-bond donors (Lipinski definition) is 2. The van der Waals surface area contributed by atoms with Crippen molar-refractivity contribution in [2.24, 2.45) is 5.41 Å². The normalized spacial score (nSPS) is 15.5. The van der Waals surface area contributed by atoms with E-state index in [1.807, 2.05) is 20.8 Å². The Morgan fingerprint density at radius 2 is 2.09 bits per heavy atom. The van der Waals surface area contributed by atoms with E-state index in [2.05, 4.69) is 25.7 Å². The van der Waals surface area contributed by atoms with Gasteiger partial charge in [0.2, 0.25) is 11.8 Å². The summed E-state index contributed by atoms with van der Waals surface area (Å²) >= 11 is 0. The van der Waals surface area contributed by atoms with Crippen LogP contribution >= 0.6 is 0 Å². The van der Waals surface area contributed by atoms with E-state index in [9.17, 15) is 22.8 Å². The van der Waals surface area contributed by atoms with Crippen LogP contribution in [0.25, 0.3) is 11.5 Å². The number of anilines is 3. The smallest absolute Gasteiger partial charge is 0.405 e. The highest BCUT2D eigenvalue weighted by molar-refractivity contribution is 6.07. The Bertz CT molecular complexity index is 1250. The fourth-order valence-electron chi connectivity index (χ4n) is 3.58. The number of rotatable bonds is 7. The molecule has 4 heterocycles. The molecule has 0 saturated carbocycles. The van der Waals surface area contributed by atoms with Gasteiger partial charge in [0.1, 0.15) is 24.3 Å². The average molecular weight is 491 g/mol. The molecule has 1 aliphatic rings. The molecule has 0 radical (unpaired) electrons. The summed E-state index contributed by atoms with van der Waals surface area (Å²) in [6.07, 6.45) is 0.344. The SMILES string of the molecule is CCn1cc(NC(=O)c2coc(-c3ccnc(NCC(F)(F)F)c3)n2)c(N2CCC(C)(C)C2=O)n1. The number of oxazole rings is 1. The predicted octanol–water partition coefficient (Wildman–Crippen LogP) is 3.94. The van der Waals surface area contributed by atoms with Gasteiger partial charge in [-0.15, -0.1) is 0 Å². The maximum Gasteiger partial charge on any atom is 0.405 e. The van der Waals surface area contributed by atoms with Crippen LogP contribution in [-0.2, 0) is 11.3 Å². The van der Waals surface area contributed by atoms with Gasteiger partial charge in [-0.3, -0.25) is 19.2 Å². The van der Waals surface area contributed by atoms with Crippen LogP contribution in [0.3, 0.4) is 0 Å².